The van der Waals surface area contributed by atoms with E-state index in [1.807, 2.05) is 6.07 Å². The Labute approximate surface area is 121 Å². The van der Waals surface area contributed by atoms with Crippen LogP contribution in [0.5, 0.6) is 0 Å². The highest BCUT2D eigenvalue weighted by atomic mass is 15.1. The molecule has 0 aliphatic carbocycles. The third kappa shape index (κ3) is 2.64. The number of nitrogens with zero attached hydrogens (tertiary/aromatic N) is 1. The van der Waals surface area contributed by atoms with Crippen LogP contribution >= 0.6 is 0 Å². The van der Waals surface area contributed by atoms with Crippen molar-refractivity contribution in [2.24, 2.45) is 0 Å². The van der Waals surface area contributed by atoms with Gasteiger partial charge in [-0.1, -0.05) is 37.3 Å². The zero-order valence-corrected chi connectivity index (χ0v) is 12.1. The molecule has 2 heteroatoms. The molecule has 2 nitrogen and oxygen atoms in total. The summed E-state index contributed by atoms with van der Waals surface area (Å²) in [6.45, 7) is 4.28. The van der Waals surface area contributed by atoms with Gasteiger partial charge in [-0.2, -0.15) is 0 Å². The van der Waals surface area contributed by atoms with E-state index in [0.717, 1.165) is 25.2 Å². The maximum atomic E-state index is 5.95. The largest absolute Gasteiger partial charge is 0.399 e. The highest BCUT2D eigenvalue weighted by molar-refractivity contribution is 5.62. The van der Waals surface area contributed by atoms with E-state index in [9.17, 15) is 0 Å². The summed E-state index contributed by atoms with van der Waals surface area (Å²) in [5.74, 6) is 0. The van der Waals surface area contributed by atoms with E-state index in [2.05, 4.69) is 48.2 Å². The van der Waals surface area contributed by atoms with Gasteiger partial charge >= 0.3 is 0 Å². The lowest BCUT2D eigenvalue weighted by molar-refractivity contribution is 0.691. The van der Waals surface area contributed by atoms with E-state index in [0.29, 0.717) is 0 Å². The highest BCUT2D eigenvalue weighted by Gasteiger charge is 2.17. The fourth-order valence-electron chi connectivity index (χ4n) is 2.93. The van der Waals surface area contributed by atoms with Crippen molar-refractivity contribution in [1.29, 1.82) is 0 Å². The van der Waals surface area contributed by atoms with Crippen molar-refractivity contribution >= 4 is 11.4 Å². The first-order valence-corrected chi connectivity index (χ1v) is 7.47. The van der Waals surface area contributed by atoms with Crippen LogP contribution in [-0.4, -0.2) is 6.54 Å². The van der Waals surface area contributed by atoms with Crippen molar-refractivity contribution in [2.45, 2.75) is 32.7 Å². The summed E-state index contributed by atoms with van der Waals surface area (Å²) >= 11 is 0. The van der Waals surface area contributed by atoms with Crippen molar-refractivity contribution in [3.05, 3.63) is 59.2 Å². The first kappa shape index (κ1) is 13.0. The standard InChI is InChI=1S/C18H22N2/c1-2-14-5-7-15(8-6-14)13-20-11-3-4-16-9-10-17(19)12-18(16)20/h5-10,12H,2-4,11,13,19H2,1H3. The average Bonchev–Trinajstić information content (AvgIpc) is 2.49. The molecule has 0 saturated carbocycles. The van der Waals surface area contributed by atoms with Crippen molar-refractivity contribution in [3.63, 3.8) is 0 Å². The third-order valence-corrected chi connectivity index (χ3v) is 4.13. The van der Waals surface area contributed by atoms with Gasteiger partial charge in [0, 0.05) is 24.5 Å². The molecule has 2 aromatic rings. The second-order valence-corrected chi connectivity index (χ2v) is 5.58. The summed E-state index contributed by atoms with van der Waals surface area (Å²) in [6, 6.07) is 15.3. The van der Waals surface area contributed by atoms with Crippen molar-refractivity contribution in [2.75, 3.05) is 17.2 Å². The van der Waals surface area contributed by atoms with E-state index in [4.69, 9.17) is 5.73 Å². The molecule has 0 bridgehead atoms. The molecular weight excluding hydrogens is 244 g/mol. The number of anilines is 2. The molecule has 1 aliphatic heterocycles. The van der Waals surface area contributed by atoms with Gasteiger partial charge in [-0.3, -0.25) is 0 Å². The molecule has 0 radical (unpaired) electrons. The van der Waals surface area contributed by atoms with E-state index < -0.39 is 0 Å². The maximum Gasteiger partial charge on any atom is 0.0429 e. The van der Waals surface area contributed by atoms with Gasteiger partial charge < -0.3 is 10.6 Å². The Hall–Kier alpha value is -1.96. The molecule has 2 aromatic carbocycles. The van der Waals surface area contributed by atoms with Gasteiger partial charge in [-0.15, -0.1) is 0 Å². The lowest BCUT2D eigenvalue weighted by Crippen LogP contribution is -2.28. The number of hydrogen-bond acceptors (Lipinski definition) is 2. The van der Waals surface area contributed by atoms with Crippen molar-refractivity contribution in [3.8, 4) is 0 Å². The Kier molecular flexibility index (Phi) is 3.64. The fourth-order valence-corrected chi connectivity index (χ4v) is 2.93. The zero-order valence-electron chi connectivity index (χ0n) is 12.1. The molecular formula is C18H22N2. The van der Waals surface area contributed by atoms with Crippen LogP contribution in [0.25, 0.3) is 0 Å². The summed E-state index contributed by atoms with van der Waals surface area (Å²) in [4.78, 5) is 2.45. The minimum atomic E-state index is 0.858. The van der Waals surface area contributed by atoms with Gasteiger partial charge in [0.2, 0.25) is 0 Å². The Morgan fingerprint density at radius 1 is 1.05 bits per heavy atom. The summed E-state index contributed by atoms with van der Waals surface area (Å²) in [5.41, 5.74) is 12.3. The summed E-state index contributed by atoms with van der Waals surface area (Å²) < 4.78 is 0. The second kappa shape index (κ2) is 5.58. The molecule has 0 unspecified atom stereocenters. The van der Waals surface area contributed by atoms with Crippen LogP contribution in [0.2, 0.25) is 0 Å². The van der Waals surface area contributed by atoms with Gasteiger partial charge in [-0.25, -0.2) is 0 Å². The van der Waals surface area contributed by atoms with Crippen LogP contribution in [0, 0.1) is 0 Å². The van der Waals surface area contributed by atoms with Gasteiger partial charge in [0.1, 0.15) is 0 Å². The van der Waals surface area contributed by atoms with Crippen LogP contribution < -0.4 is 10.6 Å². The average molecular weight is 266 g/mol. The number of hydrogen-bond donors (Lipinski definition) is 1. The molecule has 3 rings (SSSR count). The summed E-state index contributed by atoms with van der Waals surface area (Å²) in [7, 11) is 0. The van der Waals surface area contributed by atoms with Crippen LogP contribution in [0.4, 0.5) is 11.4 Å². The van der Waals surface area contributed by atoms with Crippen LogP contribution in [0.15, 0.2) is 42.5 Å². The molecule has 0 fully saturated rings. The zero-order chi connectivity index (χ0) is 13.9. The van der Waals surface area contributed by atoms with Crippen molar-refractivity contribution < 1.29 is 0 Å². The first-order chi connectivity index (χ1) is 9.76. The summed E-state index contributed by atoms with van der Waals surface area (Å²) in [5, 5.41) is 0. The molecule has 0 amide bonds. The number of aryl methyl sites for hydroxylation is 2. The number of rotatable bonds is 3. The number of nitrogens with two attached hydrogens (primary N) is 1. The first-order valence-electron chi connectivity index (χ1n) is 7.47. The molecule has 0 atom stereocenters. The summed E-state index contributed by atoms with van der Waals surface area (Å²) in [6.07, 6.45) is 3.49. The lowest BCUT2D eigenvalue weighted by Gasteiger charge is -2.31. The topological polar surface area (TPSA) is 29.3 Å². The lowest BCUT2D eigenvalue weighted by atomic mass is 10.00. The van der Waals surface area contributed by atoms with Gasteiger partial charge in [0.05, 0.1) is 0 Å². The predicted molar refractivity (Wildman–Crippen MR) is 86.0 cm³/mol. The minimum absolute atomic E-state index is 0.858. The second-order valence-electron chi connectivity index (χ2n) is 5.58. The molecule has 2 N–H and O–H groups in total. The molecule has 20 heavy (non-hydrogen) atoms. The van der Waals surface area contributed by atoms with E-state index in [1.54, 1.807) is 0 Å². The fraction of sp³-hybridized carbons (Fsp3) is 0.333. The van der Waals surface area contributed by atoms with E-state index in [1.165, 1.54) is 35.2 Å². The molecule has 104 valence electrons. The highest BCUT2D eigenvalue weighted by Crippen LogP contribution is 2.30. The monoisotopic (exact) mass is 266 g/mol. The molecule has 0 spiro atoms. The van der Waals surface area contributed by atoms with E-state index in [-0.39, 0.29) is 0 Å². The Balaban J connectivity index is 1.83. The van der Waals surface area contributed by atoms with Crippen LogP contribution in [0.1, 0.15) is 30.0 Å². The Bertz CT molecular complexity index is 587. The molecule has 0 saturated heterocycles. The molecule has 1 aliphatic rings. The van der Waals surface area contributed by atoms with Crippen LogP contribution in [0.3, 0.4) is 0 Å². The number of benzene rings is 2. The van der Waals surface area contributed by atoms with Gasteiger partial charge in [-0.05, 0) is 48.1 Å². The normalized spacial score (nSPS) is 14.2. The number of fused-ring (bicyclic) bond motifs is 1. The third-order valence-electron chi connectivity index (χ3n) is 4.13. The maximum absolute atomic E-state index is 5.95. The Morgan fingerprint density at radius 2 is 1.80 bits per heavy atom. The van der Waals surface area contributed by atoms with Gasteiger partial charge in [0.15, 0.2) is 0 Å². The van der Waals surface area contributed by atoms with Gasteiger partial charge in [0.25, 0.3) is 0 Å². The van der Waals surface area contributed by atoms with Crippen molar-refractivity contribution in [1.82, 2.24) is 0 Å². The molecule has 1 heterocycles. The quantitative estimate of drug-likeness (QED) is 0.857. The smallest absolute Gasteiger partial charge is 0.0429 e. The minimum Gasteiger partial charge on any atom is -0.399 e. The number of nitrogen functional groups attached to an aromatic ring is 1. The Morgan fingerprint density at radius 3 is 2.55 bits per heavy atom. The molecule has 0 aromatic heterocycles. The van der Waals surface area contributed by atoms with E-state index >= 15 is 0 Å². The predicted octanol–water partition coefficient (Wildman–Crippen LogP) is 3.78. The van der Waals surface area contributed by atoms with Crippen LogP contribution in [-0.2, 0) is 19.4 Å². The SMILES string of the molecule is CCc1ccc(CN2CCCc3ccc(N)cc32)cc1.